The first kappa shape index (κ1) is 7.71. The van der Waals surface area contributed by atoms with Gasteiger partial charge in [-0.3, -0.25) is 5.43 Å². The molecule has 0 radical (unpaired) electrons. The second-order valence-electron chi connectivity index (χ2n) is 2.96. The SMILES string of the molecule is CNN1Cc2cccc(F)c2C1. The van der Waals surface area contributed by atoms with Gasteiger partial charge in [0.1, 0.15) is 5.82 Å². The highest BCUT2D eigenvalue weighted by Gasteiger charge is 2.19. The number of hydrogen-bond donors (Lipinski definition) is 1. The summed E-state index contributed by atoms with van der Waals surface area (Å²) >= 11 is 0. The minimum absolute atomic E-state index is 0.0924. The molecule has 1 heterocycles. The Balaban J connectivity index is 2.35. The molecule has 0 spiro atoms. The third-order valence-corrected chi connectivity index (χ3v) is 2.24. The Labute approximate surface area is 71.0 Å². The van der Waals surface area contributed by atoms with Crippen LogP contribution in [0.5, 0.6) is 0 Å². The average molecular weight is 166 g/mol. The molecule has 1 aromatic carbocycles. The van der Waals surface area contributed by atoms with Crippen molar-refractivity contribution in [2.75, 3.05) is 7.05 Å². The molecule has 1 aliphatic heterocycles. The molecule has 0 saturated heterocycles. The number of nitrogens with zero attached hydrogens (tertiary/aromatic N) is 1. The summed E-state index contributed by atoms with van der Waals surface area (Å²) in [7, 11) is 1.85. The molecule has 2 nitrogen and oxygen atoms in total. The van der Waals surface area contributed by atoms with Gasteiger partial charge in [0.25, 0.3) is 0 Å². The predicted octanol–water partition coefficient (Wildman–Crippen LogP) is 1.28. The van der Waals surface area contributed by atoms with Crippen molar-refractivity contribution < 1.29 is 4.39 Å². The van der Waals surface area contributed by atoms with Gasteiger partial charge in [-0.15, -0.1) is 0 Å². The molecule has 1 aliphatic rings. The van der Waals surface area contributed by atoms with Gasteiger partial charge in [0.15, 0.2) is 0 Å². The van der Waals surface area contributed by atoms with E-state index in [2.05, 4.69) is 5.43 Å². The van der Waals surface area contributed by atoms with Crippen LogP contribution in [0.2, 0.25) is 0 Å². The first-order chi connectivity index (χ1) is 5.81. The van der Waals surface area contributed by atoms with Gasteiger partial charge in [-0.25, -0.2) is 9.40 Å². The standard InChI is InChI=1S/C9H11FN2/c1-11-12-5-7-3-2-4-9(10)8(7)6-12/h2-4,11H,5-6H2,1H3. The molecule has 0 fully saturated rings. The maximum atomic E-state index is 13.1. The first-order valence-electron chi connectivity index (χ1n) is 4.00. The van der Waals surface area contributed by atoms with Crippen LogP contribution in [-0.2, 0) is 13.1 Å². The number of hydrazine groups is 1. The fourth-order valence-electron chi connectivity index (χ4n) is 1.54. The Bertz CT molecular complexity index is 299. The summed E-state index contributed by atoms with van der Waals surface area (Å²) in [5.41, 5.74) is 4.92. The molecule has 0 saturated carbocycles. The molecule has 2 rings (SSSR count). The van der Waals surface area contributed by atoms with Crippen molar-refractivity contribution >= 4 is 0 Å². The molecule has 0 aliphatic carbocycles. The molecule has 0 bridgehead atoms. The lowest BCUT2D eigenvalue weighted by Gasteiger charge is -2.11. The number of nitrogens with one attached hydrogen (secondary N) is 1. The van der Waals surface area contributed by atoms with Crippen molar-refractivity contribution in [2.45, 2.75) is 13.1 Å². The lowest BCUT2D eigenvalue weighted by Crippen LogP contribution is -2.29. The highest BCUT2D eigenvalue weighted by Crippen LogP contribution is 2.22. The molecule has 0 amide bonds. The van der Waals surface area contributed by atoms with Crippen molar-refractivity contribution in [1.29, 1.82) is 0 Å². The van der Waals surface area contributed by atoms with Crippen molar-refractivity contribution in [1.82, 2.24) is 10.4 Å². The maximum Gasteiger partial charge on any atom is 0.128 e. The van der Waals surface area contributed by atoms with Gasteiger partial charge in [0.05, 0.1) is 0 Å². The summed E-state index contributed by atoms with van der Waals surface area (Å²) < 4.78 is 13.1. The van der Waals surface area contributed by atoms with Gasteiger partial charge in [-0.05, 0) is 18.7 Å². The Morgan fingerprint density at radius 3 is 2.92 bits per heavy atom. The van der Waals surface area contributed by atoms with E-state index < -0.39 is 0 Å². The summed E-state index contributed by atoms with van der Waals surface area (Å²) in [6, 6.07) is 5.24. The molecule has 0 atom stereocenters. The van der Waals surface area contributed by atoms with E-state index in [4.69, 9.17) is 0 Å². The fraction of sp³-hybridized carbons (Fsp3) is 0.333. The zero-order valence-corrected chi connectivity index (χ0v) is 6.97. The second kappa shape index (κ2) is 2.84. The van der Waals surface area contributed by atoms with Crippen LogP contribution in [0.1, 0.15) is 11.1 Å². The van der Waals surface area contributed by atoms with Crippen LogP contribution < -0.4 is 5.43 Å². The molecule has 1 N–H and O–H groups in total. The molecule has 0 unspecified atom stereocenters. The van der Waals surface area contributed by atoms with Crippen molar-refractivity contribution in [3.05, 3.63) is 35.1 Å². The number of benzene rings is 1. The number of rotatable bonds is 1. The lowest BCUT2D eigenvalue weighted by molar-refractivity contribution is 0.211. The summed E-state index contributed by atoms with van der Waals surface area (Å²) in [6.07, 6.45) is 0. The Morgan fingerprint density at radius 1 is 1.42 bits per heavy atom. The third kappa shape index (κ3) is 1.11. The van der Waals surface area contributed by atoms with Gasteiger partial charge >= 0.3 is 0 Å². The van der Waals surface area contributed by atoms with Crippen LogP contribution >= 0.6 is 0 Å². The topological polar surface area (TPSA) is 15.3 Å². The Kier molecular flexibility index (Phi) is 1.83. The fourth-order valence-corrected chi connectivity index (χ4v) is 1.54. The van der Waals surface area contributed by atoms with Crippen LogP contribution in [0.25, 0.3) is 0 Å². The van der Waals surface area contributed by atoms with Crippen LogP contribution in [0.3, 0.4) is 0 Å². The van der Waals surface area contributed by atoms with Gasteiger partial charge in [0.2, 0.25) is 0 Å². The second-order valence-corrected chi connectivity index (χ2v) is 2.96. The summed E-state index contributed by atoms with van der Waals surface area (Å²) in [5, 5.41) is 1.98. The van der Waals surface area contributed by atoms with E-state index in [1.165, 1.54) is 6.07 Å². The first-order valence-corrected chi connectivity index (χ1v) is 4.00. The molecular formula is C9H11FN2. The lowest BCUT2D eigenvalue weighted by atomic mass is 10.1. The monoisotopic (exact) mass is 166 g/mol. The number of halogens is 1. The van der Waals surface area contributed by atoms with Gasteiger partial charge in [-0.2, -0.15) is 0 Å². The van der Waals surface area contributed by atoms with Crippen molar-refractivity contribution in [2.24, 2.45) is 0 Å². The van der Waals surface area contributed by atoms with E-state index >= 15 is 0 Å². The van der Waals surface area contributed by atoms with E-state index in [-0.39, 0.29) is 5.82 Å². The molecular weight excluding hydrogens is 155 g/mol. The van der Waals surface area contributed by atoms with Gasteiger partial charge in [-0.1, -0.05) is 12.1 Å². The zero-order chi connectivity index (χ0) is 8.55. The van der Waals surface area contributed by atoms with Crippen LogP contribution in [0.15, 0.2) is 18.2 Å². The number of hydrogen-bond acceptors (Lipinski definition) is 2. The maximum absolute atomic E-state index is 13.1. The van der Waals surface area contributed by atoms with Crippen LogP contribution in [0.4, 0.5) is 4.39 Å². The van der Waals surface area contributed by atoms with E-state index in [0.29, 0.717) is 6.54 Å². The predicted molar refractivity (Wildman–Crippen MR) is 44.7 cm³/mol. The smallest absolute Gasteiger partial charge is 0.128 e. The van der Waals surface area contributed by atoms with Crippen molar-refractivity contribution in [3.63, 3.8) is 0 Å². The van der Waals surface area contributed by atoms with E-state index in [9.17, 15) is 4.39 Å². The summed E-state index contributed by atoms with van der Waals surface area (Å²) in [5.74, 6) is -0.0924. The Hall–Kier alpha value is -0.930. The van der Waals surface area contributed by atoms with E-state index in [0.717, 1.165) is 17.7 Å². The molecule has 3 heteroatoms. The van der Waals surface area contributed by atoms with Crippen LogP contribution in [0, 0.1) is 5.82 Å². The quantitative estimate of drug-likeness (QED) is 0.676. The average Bonchev–Trinajstić information content (AvgIpc) is 2.49. The highest BCUT2D eigenvalue weighted by atomic mass is 19.1. The largest absolute Gasteiger partial charge is 0.258 e. The molecule has 0 aromatic heterocycles. The summed E-state index contributed by atoms with van der Waals surface area (Å²) in [4.78, 5) is 0. The van der Waals surface area contributed by atoms with Gasteiger partial charge < -0.3 is 0 Å². The highest BCUT2D eigenvalue weighted by molar-refractivity contribution is 5.31. The zero-order valence-electron chi connectivity index (χ0n) is 6.97. The minimum Gasteiger partial charge on any atom is -0.258 e. The molecule has 1 aromatic rings. The minimum atomic E-state index is -0.0924. The Morgan fingerprint density at radius 2 is 2.25 bits per heavy atom. The molecule has 64 valence electrons. The number of fused-ring (bicyclic) bond motifs is 1. The van der Waals surface area contributed by atoms with Crippen molar-refractivity contribution in [3.8, 4) is 0 Å². The van der Waals surface area contributed by atoms with E-state index in [1.807, 2.05) is 18.1 Å². The molecule has 12 heavy (non-hydrogen) atoms. The normalized spacial score (nSPS) is 16.5. The van der Waals surface area contributed by atoms with E-state index in [1.54, 1.807) is 6.07 Å². The third-order valence-electron chi connectivity index (χ3n) is 2.24. The summed E-state index contributed by atoms with van der Waals surface area (Å²) in [6.45, 7) is 1.46. The van der Waals surface area contributed by atoms with Gasteiger partial charge in [0, 0.05) is 18.7 Å². The van der Waals surface area contributed by atoms with Crippen LogP contribution in [-0.4, -0.2) is 12.1 Å².